The van der Waals surface area contributed by atoms with E-state index < -0.39 is 11.6 Å². The van der Waals surface area contributed by atoms with Gasteiger partial charge in [0.05, 0.1) is 0 Å². The normalized spacial score (nSPS) is 22.4. The van der Waals surface area contributed by atoms with Gasteiger partial charge in [0, 0.05) is 9.89 Å². The largest absolute Gasteiger partial charge is 0.204 e. The first-order valence-corrected chi connectivity index (χ1v) is 7.83. The minimum Gasteiger partial charge on any atom is -0.204 e. The highest BCUT2D eigenvalue weighted by Crippen LogP contribution is 2.40. The maximum absolute atomic E-state index is 13.9. The van der Waals surface area contributed by atoms with Crippen molar-refractivity contribution < 1.29 is 8.78 Å². The van der Waals surface area contributed by atoms with Gasteiger partial charge in [-0.1, -0.05) is 40.2 Å². The number of halogens is 3. The van der Waals surface area contributed by atoms with Gasteiger partial charge in [-0.2, -0.15) is 0 Å². The number of benzene rings is 2. The Labute approximate surface area is 129 Å². The van der Waals surface area contributed by atoms with Crippen molar-refractivity contribution in [2.45, 2.75) is 19.3 Å². The highest BCUT2D eigenvalue weighted by atomic mass is 79.9. The summed E-state index contributed by atoms with van der Waals surface area (Å²) in [5.41, 5.74) is 1.43. The number of rotatable bonds is 0. The summed E-state index contributed by atoms with van der Waals surface area (Å²) in [4.78, 5) is 0. The van der Waals surface area contributed by atoms with E-state index in [4.69, 9.17) is 0 Å². The maximum Gasteiger partial charge on any atom is 0.162 e. The second kappa shape index (κ2) is 4.51. The number of fused-ring (bicyclic) bond motifs is 2. The molecule has 0 aliphatic heterocycles. The first-order chi connectivity index (χ1) is 10.1. The molecular formula is C18H13BrF2. The van der Waals surface area contributed by atoms with Gasteiger partial charge in [-0.25, -0.2) is 8.78 Å². The minimum absolute atomic E-state index is 0.0552. The molecule has 2 aliphatic rings. The standard InChI is InChI=1S/C18H13BrF2/c19-14-3-1-11-8-18(10-13(11)7-14)6-5-15-12(9-18)2-4-16(20)17(15)21/h1-4,7-8,10H,5-6,9H2. The first kappa shape index (κ1) is 13.2. The van der Waals surface area contributed by atoms with Crippen LogP contribution in [0, 0.1) is 17.0 Å². The van der Waals surface area contributed by atoms with E-state index in [0.717, 1.165) is 22.9 Å². The predicted octanol–water partition coefficient (Wildman–Crippen LogP) is 3.48. The fourth-order valence-electron chi connectivity index (χ4n) is 3.58. The molecule has 3 heteroatoms. The first-order valence-electron chi connectivity index (χ1n) is 7.03. The Hall–Kier alpha value is -1.48. The summed E-state index contributed by atoms with van der Waals surface area (Å²) in [5.74, 6) is -1.41. The van der Waals surface area contributed by atoms with Crippen LogP contribution in [0.5, 0.6) is 0 Å². The summed E-state index contributed by atoms with van der Waals surface area (Å²) in [6, 6.07) is 9.22. The number of hydrogen-bond donors (Lipinski definition) is 0. The van der Waals surface area contributed by atoms with Crippen LogP contribution in [0.25, 0.3) is 12.2 Å². The molecule has 2 aromatic rings. The van der Waals surface area contributed by atoms with Crippen LogP contribution in [0.4, 0.5) is 8.78 Å². The molecule has 0 saturated carbocycles. The van der Waals surface area contributed by atoms with E-state index in [1.807, 2.05) is 6.07 Å². The van der Waals surface area contributed by atoms with Gasteiger partial charge in [-0.3, -0.25) is 0 Å². The van der Waals surface area contributed by atoms with Crippen LogP contribution in [0.15, 0.2) is 34.8 Å². The molecule has 0 radical (unpaired) electrons. The summed E-state index contributed by atoms with van der Waals surface area (Å²) in [5, 5.41) is 2.44. The Morgan fingerprint density at radius 2 is 1.81 bits per heavy atom. The van der Waals surface area contributed by atoms with Crippen molar-refractivity contribution >= 4 is 28.1 Å². The summed E-state index contributed by atoms with van der Waals surface area (Å²) >= 11 is 3.50. The van der Waals surface area contributed by atoms with Crippen molar-refractivity contribution in [1.82, 2.24) is 0 Å². The lowest BCUT2D eigenvalue weighted by Gasteiger charge is -2.32. The van der Waals surface area contributed by atoms with Gasteiger partial charge in [0.25, 0.3) is 0 Å². The average Bonchev–Trinajstić information content (AvgIpc) is 2.79. The Kier molecular flexibility index (Phi) is 2.83. The molecule has 0 N–H and O–H groups in total. The van der Waals surface area contributed by atoms with E-state index in [9.17, 15) is 8.78 Å². The zero-order valence-corrected chi connectivity index (χ0v) is 12.9. The SMILES string of the molecule is Fc1ccc2c(c1F)CCC1(C=c3ccc(Br)cc3=C1)C2. The third-order valence-corrected chi connectivity index (χ3v) is 5.08. The van der Waals surface area contributed by atoms with Gasteiger partial charge in [0.15, 0.2) is 11.6 Å². The van der Waals surface area contributed by atoms with Gasteiger partial charge in [-0.05, 0) is 59.0 Å². The number of hydrogen-bond acceptors (Lipinski definition) is 0. The smallest absolute Gasteiger partial charge is 0.162 e. The van der Waals surface area contributed by atoms with Crippen LogP contribution in [-0.4, -0.2) is 0 Å². The van der Waals surface area contributed by atoms with Crippen LogP contribution >= 0.6 is 15.9 Å². The quantitative estimate of drug-likeness (QED) is 0.685. The van der Waals surface area contributed by atoms with E-state index in [1.165, 1.54) is 16.5 Å². The lowest BCUT2D eigenvalue weighted by atomic mass is 9.72. The Morgan fingerprint density at radius 3 is 2.67 bits per heavy atom. The molecule has 0 nitrogen and oxygen atoms in total. The molecule has 2 aliphatic carbocycles. The van der Waals surface area contributed by atoms with Crippen molar-refractivity contribution in [2.24, 2.45) is 5.41 Å². The van der Waals surface area contributed by atoms with Crippen molar-refractivity contribution in [2.75, 3.05) is 0 Å². The summed E-state index contributed by atoms with van der Waals surface area (Å²) in [7, 11) is 0. The van der Waals surface area contributed by atoms with Gasteiger partial charge in [0.2, 0.25) is 0 Å². The summed E-state index contributed by atoms with van der Waals surface area (Å²) < 4.78 is 28.3. The average molecular weight is 347 g/mol. The van der Waals surface area contributed by atoms with Crippen molar-refractivity contribution in [3.8, 4) is 0 Å². The molecule has 4 rings (SSSR count). The Bertz CT molecular complexity index is 870. The molecular weight excluding hydrogens is 334 g/mol. The lowest BCUT2D eigenvalue weighted by molar-refractivity contribution is 0.444. The molecule has 0 bridgehead atoms. The second-order valence-electron chi connectivity index (χ2n) is 5.97. The third kappa shape index (κ3) is 2.06. The molecule has 1 spiro atoms. The fourth-order valence-corrected chi connectivity index (χ4v) is 3.96. The molecule has 1 unspecified atom stereocenters. The molecule has 0 heterocycles. The van der Waals surface area contributed by atoms with Crippen LogP contribution in [0.1, 0.15) is 17.5 Å². The highest BCUT2D eigenvalue weighted by Gasteiger charge is 2.34. The van der Waals surface area contributed by atoms with Crippen LogP contribution in [0.2, 0.25) is 0 Å². The van der Waals surface area contributed by atoms with E-state index in [-0.39, 0.29) is 5.41 Å². The van der Waals surface area contributed by atoms with Crippen molar-refractivity contribution in [1.29, 1.82) is 0 Å². The topological polar surface area (TPSA) is 0 Å². The van der Waals surface area contributed by atoms with Gasteiger partial charge < -0.3 is 0 Å². The van der Waals surface area contributed by atoms with Crippen LogP contribution in [0.3, 0.4) is 0 Å². The molecule has 0 aromatic heterocycles. The molecule has 0 amide bonds. The third-order valence-electron chi connectivity index (χ3n) is 4.59. The van der Waals surface area contributed by atoms with Gasteiger partial charge >= 0.3 is 0 Å². The maximum atomic E-state index is 13.9. The van der Waals surface area contributed by atoms with Crippen molar-refractivity contribution in [3.05, 3.63) is 68.0 Å². The fraction of sp³-hybridized carbons (Fsp3) is 0.222. The Morgan fingerprint density at radius 1 is 1.00 bits per heavy atom. The molecule has 0 saturated heterocycles. The molecule has 21 heavy (non-hydrogen) atoms. The van der Waals surface area contributed by atoms with E-state index in [0.29, 0.717) is 12.0 Å². The molecule has 106 valence electrons. The highest BCUT2D eigenvalue weighted by molar-refractivity contribution is 9.10. The molecule has 0 fully saturated rings. The summed E-state index contributed by atoms with van der Waals surface area (Å²) in [6.45, 7) is 0. The zero-order chi connectivity index (χ0) is 14.6. The van der Waals surface area contributed by atoms with E-state index in [1.54, 1.807) is 6.07 Å². The van der Waals surface area contributed by atoms with E-state index in [2.05, 4.69) is 40.2 Å². The van der Waals surface area contributed by atoms with Gasteiger partial charge in [-0.15, -0.1) is 0 Å². The molecule has 1 atom stereocenters. The molecule has 2 aromatic carbocycles. The predicted molar refractivity (Wildman–Crippen MR) is 83.1 cm³/mol. The monoisotopic (exact) mass is 346 g/mol. The minimum atomic E-state index is -0.740. The lowest BCUT2D eigenvalue weighted by Crippen LogP contribution is -2.24. The zero-order valence-electron chi connectivity index (χ0n) is 11.3. The Balaban J connectivity index is 1.82. The van der Waals surface area contributed by atoms with Crippen LogP contribution in [-0.2, 0) is 12.8 Å². The van der Waals surface area contributed by atoms with Gasteiger partial charge in [0.1, 0.15) is 0 Å². The van der Waals surface area contributed by atoms with E-state index >= 15 is 0 Å². The second-order valence-corrected chi connectivity index (χ2v) is 6.89. The summed E-state index contributed by atoms with van der Waals surface area (Å²) in [6.07, 6.45) is 6.70. The van der Waals surface area contributed by atoms with Crippen molar-refractivity contribution in [3.63, 3.8) is 0 Å². The van der Waals surface area contributed by atoms with Crippen LogP contribution < -0.4 is 10.4 Å².